The molecule has 25 heavy (non-hydrogen) atoms. The minimum atomic E-state index is -0.239. The Kier molecular flexibility index (Phi) is 4.74. The SMILES string of the molecule is COc1ccc(OC)c([C@@H]2CCN(C(=O)c3ccc(=O)n(C)n3)C2)c1. The molecule has 3 rings (SSSR count). The lowest BCUT2D eigenvalue weighted by atomic mass is 9.97. The molecule has 1 aliphatic heterocycles. The third-order valence-electron chi connectivity index (χ3n) is 4.53. The molecule has 0 saturated carbocycles. The van der Waals surface area contributed by atoms with Gasteiger partial charge in [-0.25, -0.2) is 4.68 Å². The summed E-state index contributed by atoms with van der Waals surface area (Å²) >= 11 is 0. The molecule has 1 aromatic heterocycles. The summed E-state index contributed by atoms with van der Waals surface area (Å²) in [5.74, 6) is 1.56. The number of nitrogens with zero attached hydrogens (tertiary/aromatic N) is 3. The molecule has 0 radical (unpaired) electrons. The van der Waals surface area contributed by atoms with Crippen molar-refractivity contribution in [3.63, 3.8) is 0 Å². The zero-order chi connectivity index (χ0) is 18.0. The lowest BCUT2D eigenvalue weighted by Crippen LogP contribution is -2.31. The van der Waals surface area contributed by atoms with Crippen LogP contribution >= 0.6 is 0 Å². The van der Waals surface area contributed by atoms with E-state index in [9.17, 15) is 9.59 Å². The van der Waals surface area contributed by atoms with Crippen LogP contribution in [0.2, 0.25) is 0 Å². The quantitative estimate of drug-likeness (QED) is 0.840. The molecule has 1 aliphatic rings. The Morgan fingerprint density at radius 1 is 1.20 bits per heavy atom. The van der Waals surface area contributed by atoms with Gasteiger partial charge in [-0.05, 0) is 30.7 Å². The van der Waals surface area contributed by atoms with Crippen LogP contribution in [0.4, 0.5) is 0 Å². The number of rotatable bonds is 4. The van der Waals surface area contributed by atoms with Crippen LogP contribution in [0.1, 0.15) is 28.4 Å². The minimum Gasteiger partial charge on any atom is -0.497 e. The van der Waals surface area contributed by atoms with Gasteiger partial charge >= 0.3 is 0 Å². The van der Waals surface area contributed by atoms with Gasteiger partial charge in [0.15, 0.2) is 0 Å². The van der Waals surface area contributed by atoms with E-state index in [1.165, 1.54) is 23.9 Å². The summed E-state index contributed by atoms with van der Waals surface area (Å²) in [5.41, 5.74) is 1.07. The Bertz CT molecular complexity index is 846. The number of hydrogen-bond donors (Lipinski definition) is 0. The minimum absolute atomic E-state index is 0.167. The molecule has 1 saturated heterocycles. The molecular weight excluding hydrogens is 322 g/mol. The maximum atomic E-state index is 12.7. The molecule has 0 N–H and O–H groups in total. The van der Waals surface area contributed by atoms with Gasteiger partial charge in [-0.1, -0.05) is 0 Å². The van der Waals surface area contributed by atoms with Gasteiger partial charge in [0.2, 0.25) is 0 Å². The molecule has 7 heteroatoms. The predicted molar refractivity (Wildman–Crippen MR) is 92.3 cm³/mol. The zero-order valence-electron chi connectivity index (χ0n) is 14.6. The van der Waals surface area contributed by atoms with Gasteiger partial charge in [-0.3, -0.25) is 9.59 Å². The first-order chi connectivity index (χ1) is 12.0. The predicted octanol–water partition coefficient (Wildman–Crippen LogP) is 1.43. The van der Waals surface area contributed by atoms with Crippen LogP contribution in [-0.4, -0.2) is 47.9 Å². The molecule has 0 aliphatic carbocycles. The number of likely N-dealkylation sites (tertiary alicyclic amines) is 1. The Morgan fingerprint density at radius 3 is 2.68 bits per heavy atom. The highest BCUT2D eigenvalue weighted by Gasteiger charge is 2.30. The Balaban J connectivity index is 1.80. The number of methoxy groups -OCH3 is 2. The summed E-state index contributed by atoms with van der Waals surface area (Å²) in [5, 5.41) is 4.04. The van der Waals surface area contributed by atoms with Gasteiger partial charge in [0.25, 0.3) is 11.5 Å². The molecule has 1 atom stereocenters. The van der Waals surface area contributed by atoms with Gasteiger partial charge in [0.05, 0.1) is 14.2 Å². The van der Waals surface area contributed by atoms with E-state index in [2.05, 4.69) is 5.10 Å². The van der Waals surface area contributed by atoms with Crippen molar-refractivity contribution < 1.29 is 14.3 Å². The average molecular weight is 343 g/mol. The largest absolute Gasteiger partial charge is 0.497 e. The summed E-state index contributed by atoms with van der Waals surface area (Å²) in [4.78, 5) is 25.9. The number of benzene rings is 1. The molecule has 132 valence electrons. The number of carbonyl (C=O) groups excluding carboxylic acids is 1. The smallest absolute Gasteiger partial charge is 0.274 e. The Morgan fingerprint density at radius 2 is 2.00 bits per heavy atom. The number of aromatic nitrogens is 2. The van der Waals surface area contributed by atoms with Crippen LogP contribution in [0.5, 0.6) is 11.5 Å². The number of amides is 1. The molecule has 2 heterocycles. The first-order valence-corrected chi connectivity index (χ1v) is 8.09. The highest BCUT2D eigenvalue weighted by atomic mass is 16.5. The summed E-state index contributed by atoms with van der Waals surface area (Å²) in [6.45, 7) is 1.21. The second-order valence-electron chi connectivity index (χ2n) is 6.03. The summed E-state index contributed by atoms with van der Waals surface area (Å²) in [6, 6.07) is 8.53. The van der Waals surface area contributed by atoms with Crippen LogP contribution in [-0.2, 0) is 7.05 Å². The average Bonchev–Trinajstić information content (AvgIpc) is 3.12. The fourth-order valence-corrected chi connectivity index (χ4v) is 3.14. The monoisotopic (exact) mass is 343 g/mol. The van der Waals surface area contributed by atoms with E-state index in [1.807, 2.05) is 18.2 Å². The zero-order valence-corrected chi connectivity index (χ0v) is 14.6. The van der Waals surface area contributed by atoms with Crippen molar-refractivity contribution in [2.75, 3.05) is 27.3 Å². The van der Waals surface area contributed by atoms with Crippen molar-refractivity contribution in [3.05, 3.63) is 51.9 Å². The highest BCUT2D eigenvalue weighted by molar-refractivity contribution is 5.92. The van der Waals surface area contributed by atoms with E-state index in [0.29, 0.717) is 13.1 Å². The third kappa shape index (κ3) is 3.35. The van der Waals surface area contributed by atoms with Crippen molar-refractivity contribution in [1.29, 1.82) is 0 Å². The molecular formula is C18H21N3O4. The highest BCUT2D eigenvalue weighted by Crippen LogP contribution is 2.36. The first kappa shape index (κ1) is 17.0. The summed E-state index contributed by atoms with van der Waals surface area (Å²) in [7, 11) is 4.80. The maximum absolute atomic E-state index is 12.7. The molecule has 0 unspecified atom stereocenters. The van der Waals surface area contributed by atoms with Crippen LogP contribution < -0.4 is 15.0 Å². The van der Waals surface area contributed by atoms with E-state index >= 15 is 0 Å². The van der Waals surface area contributed by atoms with Crippen molar-refractivity contribution in [3.8, 4) is 11.5 Å². The van der Waals surface area contributed by atoms with E-state index in [4.69, 9.17) is 9.47 Å². The summed E-state index contributed by atoms with van der Waals surface area (Å²) in [6.07, 6.45) is 0.834. The van der Waals surface area contributed by atoms with Crippen LogP contribution in [0.25, 0.3) is 0 Å². The van der Waals surface area contributed by atoms with Crippen molar-refractivity contribution in [2.24, 2.45) is 7.05 Å². The summed E-state index contributed by atoms with van der Waals surface area (Å²) < 4.78 is 11.9. The lowest BCUT2D eigenvalue weighted by molar-refractivity contribution is 0.0782. The van der Waals surface area contributed by atoms with E-state index in [-0.39, 0.29) is 23.1 Å². The normalized spacial score (nSPS) is 16.8. The van der Waals surface area contributed by atoms with Gasteiger partial charge in [0, 0.05) is 37.7 Å². The molecule has 1 amide bonds. The standard InChI is InChI=1S/C18H21N3O4/c1-20-17(22)7-5-15(19-20)18(23)21-9-8-12(11-21)14-10-13(24-2)4-6-16(14)25-3/h4-7,10,12H,8-9,11H2,1-3H3/t12-/m1/s1. The molecule has 2 aromatic rings. The van der Waals surface area contributed by atoms with Crippen molar-refractivity contribution >= 4 is 5.91 Å². The molecule has 1 fully saturated rings. The molecule has 7 nitrogen and oxygen atoms in total. The third-order valence-corrected chi connectivity index (χ3v) is 4.53. The fraction of sp³-hybridized carbons (Fsp3) is 0.389. The van der Waals surface area contributed by atoms with Gasteiger partial charge in [0.1, 0.15) is 17.2 Å². The van der Waals surface area contributed by atoms with Gasteiger partial charge in [-0.2, -0.15) is 5.10 Å². The lowest BCUT2D eigenvalue weighted by Gasteiger charge is -2.18. The van der Waals surface area contributed by atoms with Crippen LogP contribution in [0.3, 0.4) is 0 Å². The van der Waals surface area contributed by atoms with E-state index in [0.717, 1.165) is 23.5 Å². The molecule has 1 aromatic carbocycles. The Labute approximate surface area is 145 Å². The number of carbonyl (C=O) groups is 1. The number of hydrogen-bond acceptors (Lipinski definition) is 5. The molecule has 0 bridgehead atoms. The number of ether oxygens (including phenoxy) is 2. The van der Waals surface area contributed by atoms with Crippen LogP contribution in [0.15, 0.2) is 35.1 Å². The van der Waals surface area contributed by atoms with E-state index < -0.39 is 0 Å². The molecule has 0 spiro atoms. The Hall–Kier alpha value is -2.83. The van der Waals surface area contributed by atoms with Crippen molar-refractivity contribution in [2.45, 2.75) is 12.3 Å². The fourth-order valence-electron chi connectivity index (χ4n) is 3.14. The maximum Gasteiger partial charge on any atom is 0.274 e. The number of aryl methyl sites for hydroxylation is 1. The van der Waals surface area contributed by atoms with Gasteiger partial charge in [-0.15, -0.1) is 0 Å². The van der Waals surface area contributed by atoms with Gasteiger partial charge < -0.3 is 14.4 Å². The van der Waals surface area contributed by atoms with Crippen molar-refractivity contribution in [1.82, 2.24) is 14.7 Å². The second kappa shape index (κ2) is 6.96. The van der Waals surface area contributed by atoms with Crippen LogP contribution in [0, 0.1) is 0 Å². The van der Waals surface area contributed by atoms with E-state index in [1.54, 1.807) is 19.1 Å². The topological polar surface area (TPSA) is 73.7 Å². The second-order valence-corrected chi connectivity index (χ2v) is 6.03. The first-order valence-electron chi connectivity index (χ1n) is 8.09.